The number of hydrogen-bond donors (Lipinski definition) is 1. The first-order chi connectivity index (χ1) is 9.65. The lowest BCUT2D eigenvalue weighted by atomic mass is 10.2. The van der Waals surface area contributed by atoms with Crippen LogP contribution in [0.3, 0.4) is 0 Å². The summed E-state index contributed by atoms with van der Waals surface area (Å²) in [6.45, 7) is 3.80. The number of benzene rings is 1. The molecule has 0 aromatic heterocycles. The minimum absolute atomic E-state index is 0.0936. The number of rotatable bonds is 3. The van der Waals surface area contributed by atoms with Gasteiger partial charge in [0, 0.05) is 30.3 Å². The quantitative estimate of drug-likeness (QED) is 0.919. The maximum atomic E-state index is 12.2. The minimum Gasteiger partial charge on any atom is -0.339 e. The zero-order valence-corrected chi connectivity index (χ0v) is 11.8. The molecule has 2 atom stereocenters. The molecule has 4 heteroatoms. The number of carbonyl (C=O) groups is 2. The Kier molecular flexibility index (Phi) is 3.47. The van der Waals surface area contributed by atoms with Gasteiger partial charge in [0.1, 0.15) is 0 Å². The first kappa shape index (κ1) is 13.2. The number of anilines is 1. The lowest BCUT2D eigenvalue weighted by molar-refractivity contribution is -0.117. The molecule has 0 radical (unpaired) electrons. The van der Waals surface area contributed by atoms with Crippen LogP contribution in [-0.4, -0.2) is 29.8 Å². The van der Waals surface area contributed by atoms with Gasteiger partial charge in [-0.1, -0.05) is 6.92 Å². The molecule has 1 aliphatic heterocycles. The first-order valence-corrected chi connectivity index (χ1v) is 7.35. The fourth-order valence-corrected chi connectivity index (χ4v) is 2.72. The molecule has 1 saturated heterocycles. The lowest BCUT2D eigenvalue weighted by Gasteiger charge is -2.15. The normalized spacial score (nSPS) is 24.6. The number of amides is 2. The number of hydrogen-bond acceptors (Lipinski definition) is 2. The predicted molar refractivity (Wildman–Crippen MR) is 77.5 cm³/mol. The fourth-order valence-electron chi connectivity index (χ4n) is 2.72. The molecule has 1 N–H and O–H groups in total. The molecule has 3 rings (SSSR count). The van der Waals surface area contributed by atoms with Gasteiger partial charge in [-0.05, 0) is 49.4 Å². The summed E-state index contributed by atoms with van der Waals surface area (Å²) >= 11 is 0. The van der Waals surface area contributed by atoms with Crippen LogP contribution in [0.25, 0.3) is 0 Å². The first-order valence-electron chi connectivity index (χ1n) is 7.35. The van der Waals surface area contributed by atoms with Gasteiger partial charge in [-0.3, -0.25) is 9.59 Å². The van der Waals surface area contributed by atoms with Crippen LogP contribution in [0.4, 0.5) is 5.69 Å². The highest BCUT2D eigenvalue weighted by Gasteiger charge is 2.39. The SMILES string of the molecule is C[C@@H]1C[C@@H]1C(=O)Nc1ccc(C(=O)N2CCCC2)cc1. The van der Waals surface area contributed by atoms with Crippen molar-refractivity contribution in [3.8, 4) is 0 Å². The highest BCUT2D eigenvalue weighted by Crippen LogP contribution is 2.38. The molecule has 1 aromatic rings. The number of nitrogens with one attached hydrogen (secondary N) is 1. The summed E-state index contributed by atoms with van der Waals surface area (Å²) in [4.78, 5) is 25.9. The van der Waals surface area contributed by atoms with E-state index in [2.05, 4.69) is 12.2 Å². The molecule has 0 bridgehead atoms. The van der Waals surface area contributed by atoms with Crippen molar-refractivity contribution >= 4 is 17.5 Å². The molecule has 106 valence electrons. The molecule has 1 aliphatic carbocycles. The van der Waals surface area contributed by atoms with Gasteiger partial charge in [-0.25, -0.2) is 0 Å². The molecule has 1 heterocycles. The van der Waals surface area contributed by atoms with Crippen molar-refractivity contribution in [3.63, 3.8) is 0 Å². The Morgan fingerprint density at radius 2 is 1.75 bits per heavy atom. The monoisotopic (exact) mass is 272 g/mol. The van der Waals surface area contributed by atoms with E-state index in [1.54, 1.807) is 12.1 Å². The zero-order chi connectivity index (χ0) is 14.1. The van der Waals surface area contributed by atoms with Crippen molar-refractivity contribution in [2.24, 2.45) is 11.8 Å². The van der Waals surface area contributed by atoms with Crippen molar-refractivity contribution in [1.29, 1.82) is 0 Å². The summed E-state index contributed by atoms with van der Waals surface area (Å²) in [7, 11) is 0. The minimum atomic E-state index is 0.0936. The van der Waals surface area contributed by atoms with Gasteiger partial charge in [0.15, 0.2) is 0 Å². The van der Waals surface area contributed by atoms with Gasteiger partial charge in [-0.15, -0.1) is 0 Å². The summed E-state index contributed by atoms with van der Waals surface area (Å²) in [6.07, 6.45) is 3.18. The third-order valence-corrected chi connectivity index (χ3v) is 4.24. The number of nitrogens with zero attached hydrogens (tertiary/aromatic N) is 1. The fraction of sp³-hybridized carbons (Fsp3) is 0.500. The Morgan fingerprint density at radius 1 is 1.15 bits per heavy atom. The molecule has 0 spiro atoms. The van der Waals surface area contributed by atoms with Crippen LogP contribution in [-0.2, 0) is 4.79 Å². The summed E-state index contributed by atoms with van der Waals surface area (Å²) in [5.41, 5.74) is 1.47. The Labute approximate surface area is 119 Å². The molecular weight excluding hydrogens is 252 g/mol. The standard InChI is InChI=1S/C16H20N2O2/c1-11-10-14(11)15(19)17-13-6-4-12(5-7-13)16(20)18-8-2-3-9-18/h4-7,11,14H,2-3,8-10H2,1H3,(H,17,19)/t11-,14+/m1/s1. The van der Waals surface area contributed by atoms with E-state index in [0.29, 0.717) is 11.5 Å². The summed E-state index contributed by atoms with van der Waals surface area (Å²) in [5.74, 6) is 0.860. The van der Waals surface area contributed by atoms with Crippen LogP contribution >= 0.6 is 0 Å². The van der Waals surface area contributed by atoms with E-state index in [0.717, 1.165) is 38.0 Å². The molecule has 0 unspecified atom stereocenters. The smallest absolute Gasteiger partial charge is 0.253 e. The van der Waals surface area contributed by atoms with Crippen molar-refractivity contribution < 1.29 is 9.59 Å². The van der Waals surface area contributed by atoms with E-state index in [-0.39, 0.29) is 17.7 Å². The van der Waals surface area contributed by atoms with Crippen molar-refractivity contribution in [2.45, 2.75) is 26.2 Å². The lowest BCUT2D eigenvalue weighted by Crippen LogP contribution is -2.27. The van der Waals surface area contributed by atoms with Gasteiger partial charge in [0.05, 0.1) is 0 Å². The van der Waals surface area contributed by atoms with Crippen LogP contribution in [0.1, 0.15) is 36.5 Å². The van der Waals surface area contributed by atoms with E-state index < -0.39 is 0 Å². The molecule has 1 aromatic carbocycles. The van der Waals surface area contributed by atoms with Gasteiger partial charge >= 0.3 is 0 Å². The molecule has 2 aliphatic rings. The van der Waals surface area contributed by atoms with Crippen molar-refractivity contribution in [2.75, 3.05) is 18.4 Å². The average molecular weight is 272 g/mol. The topological polar surface area (TPSA) is 49.4 Å². The number of carbonyl (C=O) groups excluding carboxylic acids is 2. The summed E-state index contributed by atoms with van der Waals surface area (Å²) in [5, 5.41) is 2.91. The van der Waals surface area contributed by atoms with Crippen LogP contribution in [0.2, 0.25) is 0 Å². The van der Waals surface area contributed by atoms with E-state index >= 15 is 0 Å². The molecule has 2 amide bonds. The second-order valence-corrected chi connectivity index (χ2v) is 5.89. The van der Waals surface area contributed by atoms with E-state index in [9.17, 15) is 9.59 Å². The Balaban J connectivity index is 1.62. The third kappa shape index (κ3) is 2.69. The predicted octanol–water partition coefficient (Wildman–Crippen LogP) is 2.52. The molecular formula is C16H20N2O2. The Hall–Kier alpha value is -1.84. The highest BCUT2D eigenvalue weighted by atomic mass is 16.2. The second-order valence-electron chi connectivity index (χ2n) is 5.89. The second kappa shape index (κ2) is 5.27. The summed E-state index contributed by atoms with van der Waals surface area (Å²) < 4.78 is 0. The average Bonchev–Trinajstić information content (AvgIpc) is 2.97. The van der Waals surface area contributed by atoms with Crippen LogP contribution < -0.4 is 5.32 Å². The van der Waals surface area contributed by atoms with Gasteiger partial charge in [0.25, 0.3) is 5.91 Å². The molecule has 1 saturated carbocycles. The van der Waals surface area contributed by atoms with Gasteiger partial charge < -0.3 is 10.2 Å². The zero-order valence-electron chi connectivity index (χ0n) is 11.8. The molecule has 2 fully saturated rings. The van der Waals surface area contributed by atoms with Gasteiger partial charge in [0.2, 0.25) is 5.91 Å². The van der Waals surface area contributed by atoms with E-state index in [1.165, 1.54) is 0 Å². The van der Waals surface area contributed by atoms with Crippen molar-refractivity contribution in [3.05, 3.63) is 29.8 Å². The number of likely N-dealkylation sites (tertiary alicyclic amines) is 1. The van der Waals surface area contributed by atoms with Crippen LogP contribution in [0.5, 0.6) is 0 Å². The van der Waals surface area contributed by atoms with Crippen molar-refractivity contribution in [1.82, 2.24) is 4.90 Å². The third-order valence-electron chi connectivity index (χ3n) is 4.24. The van der Waals surface area contributed by atoms with Gasteiger partial charge in [-0.2, -0.15) is 0 Å². The Bertz CT molecular complexity index is 518. The molecule has 20 heavy (non-hydrogen) atoms. The molecule has 4 nitrogen and oxygen atoms in total. The van der Waals surface area contributed by atoms with Crippen LogP contribution in [0.15, 0.2) is 24.3 Å². The maximum absolute atomic E-state index is 12.2. The highest BCUT2D eigenvalue weighted by molar-refractivity contribution is 5.97. The van der Waals surface area contributed by atoms with E-state index in [4.69, 9.17) is 0 Å². The van der Waals surface area contributed by atoms with Crippen LogP contribution in [0, 0.1) is 11.8 Å². The summed E-state index contributed by atoms with van der Waals surface area (Å²) in [6, 6.07) is 7.22. The largest absolute Gasteiger partial charge is 0.339 e. The Morgan fingerprint density at radius 3 is 2.30 bits per heavy atom. The van der Waals surface area contributed by atoms with E-state index in [1.807, 2.05) is 17.0 Å². The maximum Gasteiger partial charge on any atom is 0.253 e.